The standard InChI is InChI=1S/C26H34O3/c1-3-4-5-6-7-10-15-28-18-23(27)19-29-26-24-12-9-8-11-21(24)17-22-14-13-20(2)16-25(22)26/h8-9,11-14,16-17,23,27H,3-7,10,15,18-19H2,1-2H3. The molecule has 3 aromatic carbocycles. The van der Waals surface area contributed by atoms with Crippen molar-refractivity contribution in [2.24, 2.45) is 0 Å². The number of rotatable bonds is 12. The number of unbranched alkanes of at least 4 members (excludes halogenated alkanes) is 5. The van der Waals surface area contributed by atoms with Gasteiger partial charge in [-0.1, -0.05) is 81.0 Å². The first-order valence-electron chi connectivity index (χ1n) is 11.0. The molecule has 0 aliphatic carbocycles. The van der Waals surface area contributed by atoms with Gasteiger partial charge in [0.1, 0.15) is 18.5 Å². The van der Waals surface area contributed by atoms with E-state index in [1.807, 2.05) is 12.1 Å². The lowest BCUT2D eigenvalue weighted by Gasteiger charge is -2.16. The van der Waals surface area contributed by atoms with E-state index in [0.29, 0.717) is 13.2 Å². The molecule has 3 nitrogen and oxygen atoms in total. The number of aliphatic hydroxyl groups excluding tert-OH is 1. The fourth-order valence-electron chi connectivity index (χ4n) is 3.72. The molecule has 3 rings (SSSR count). The molecule has 0 amide bonds. The third kappa shape index (κ3) is 6.19. The minimum atomic E-state index is -0.631. The molecule has 3 aromatic rings. The molecule has 0 aliphatic heterocycles. The Kier molecular flexibility index (Phi) is 8.33. The lowest BCUT2D eigenvalue weighted by atomic mass is 10.0. The van der Waals surface area contributed by atoms with E-state index in [0.717, 1.165) is 33.7 Å². The molecule has 0 aromatic heterocycles. The van der Waals surface area contributed by atoms with Crippen molar-refractivity contribution >= 4 is 21.5 Å². The van der Waals surface area contributed by atoms with Crippen molar-refractivity contribution < 1.29 is 14.6 Å². The highest BCUT2D eigenvalue weighted by atomic mass is 16.5. The van der Waals surface area contributed by atoms with Crippen molar-refractivity contribution in [3.8, 4) is 5.75 Å². The first-order chi connectivity index (χ1) is 14.2. The van der Waals surface area contributed by atoms with Gasteiger partial charge >= 0.3 is 0 Å². The summed E-state index contributed by atoms with van der Waals surface area (Å²) in [5.41, 5.74) is 1.19. The van der Waals surface area contributed by atoms with Gasteiger partial charge in [0.2, 0.25) is 0 Å². The van der Waals surface area contributed by atoms with Crippen LogP contribution in [0.2, 0.25) is 0 Å². The van der Waals surface area contributed by atoms with E-state index in [1.54, 1.807) is 0 Å². The molecule has 0 bridgehead atoms. The van der Waals surface area contributed by atoms with Gasteiger partial charge in [-0.05, 0) is 36.2 Å². The molecular formula is C26H34O3. The zero-order valence-electron chi connectivity index (χ0n) is 17.8. The minimum Gasteiger partial charge on any atom is -0.489 e. The molecule has 3 heteroatoms. The van der Waals surface area contributed by atoms with E-state index in [1.165, 1.54) is 37.7 Å². The summed E-state index contributed by atoms with van der Waals surface area (Å²) < 4.78 is 11.8. The smallest absolute Gasteiger partial charge is 0.135 e. The van der Waals surface area contributed by atoms with Crippen molar-refractivity contribution in [3.63, 3.8) is 0 Å². The van der Waals surface area contributed by atoms with E-state index in [-0.39, 0.29) is 6.61 Å². The molecule has 0 spiro atoms. The Morgan fingerprint density at radius 3 is 2.45 bits per heavy atom. The van der Waals surface area contributed by atoms with E-state index in [9.17, 15) is 5.11 Å². The lowest BCUT2D eigenvalue weighted by Crippen LogP contribution is -2.23. The molecule has 0 heterocycles. The second-order valence-electron chi connectivity index (χ2n) is 7.96. The Morgan fingerprint density at radius 2 is 1.59 bits per heavy atom. The fraction of sp³-hybridized carbons (Fsp3) is 0.462. The summed E-state index contributed by atoms with van der Waals surface area (Å²) in [4.78, 5) is 0. The van der Waals surface area contributed by atoms with Crippen LogP contribution in [0.15, 0.2) is 48.5 Å². The Bertz CT molecular complexity index is 903. The average molecular weight is 395 g/mol. The van der Waals surface area contributed by atoms with E-state index in [2.05, 4.69) is 50.2 Å². The molecule has 29 heavy (non-hydrogen) atoms. The van der Waals surface area contributed by atoms with Gasteiger partial charge in [-0.15, -0.1) is 0 Å². The highest BCUT2D eigenvalue weighted by Crippen LogP contribution is 2.35. The minimum absolute atomic E-state index is 0.230. The van der Waals surface area contributed by atoms with Crippen LogP contribution in [0.5, 0.6) is 5.75 Å². The molecule has 0 radical (unpaired) electrons. The van der Waals surface area contributed by atoms with Crippen molar-refractivity contribution in [2.45, 2.75) is 58.5 Å². The molecule has 0 aliphatic rings. The molecule has 0 saturated carbocycles. The predicted octanol–water partition coefficient (Wildman–Crippen LogP) is 6.42. The summed E-state index contributed by atoms with van der Waals surface area (Å²) in [5.74, 6) is 0.844. The summed E-state index contributed by atoms with van der Waals surface area (Å²) in [6, 6.07) is 16.8. The number of hydrogen-bond acceptors (Lipinski definition) is 3. The lowest BCUT2D eigenvalue weighted by molar-refractivity contribution is 0.0115. The van der Waals surface area contributed by atoms with Crippen LogP contribution in [0.1, 0.15) is 51.0 Å². The van der Waals surface area contributed by atoms with Crippen LogP contribution < -0.4 is 4.74 Å². The number of fused-ring (bicyclic) bond motifs is 2. The van der Waals surface area contributed by atoms with E-state index >= 15 is 0 Å². The quantitative estimate of drug-likeness (QED) is 0.285. The normalized spacial score (nSPS) is 12.5. The maximum Gasteiger partial charge on any atom is 0.135 e. The topological polar surface area (TPSA) is 38.7 Å². The van der Waals surface area contributed by atoms with Crippen molar-refractivity contribution in [2.75, 3.05) is 19.8 Å². The Morgan fingerprint density at radius 1 is 0.828 bits per heavy atom. The molecule has 156 valence electrons. The highest BCUT2D eigenvalue weighted by molar-refractivity contribution is 6.05. The third-order valence-electron chi connectivity index (χ3n) is 5.34. The monoisotopic (exact) mass is 394 g/mol. The Labute approximate surface area is 174 Å². The van der Waals surface area contributed by atoms with Crippen molar-refractivity contribution in [1.29, 1.82) is 0 Å². The number of hydrogen-bond donors (Lipinski definition) is 1. The molecule has 1 atom stereocenters. The SMILES string of the molecule is CCCCCCCCOCC(O)COc1c2ccccc2cc2ccc(C)cc12. The summed E-state index contributed by atoms with van der Waals surface area (Å²) >= 11 is 0. The number of aryl methyl sites for hydroxylation is 1. The molecule has 0 saturated heterocycles. The number of aliphatic hydroxyl groups is 1. The van der Waals surface area contributed by atoms with Gasteiger partial charge in [0.15, 0.2) is 0 Å². The van der Waals surface area contributed by atoms with Gasteiger partial charge in [0.05, 0.1) is 6.61 Å². The predicted molar refractivity (Wildman–Crippen MR) is 122 cm³/mol. The van der Waals surface area contributed by atoms with Crippen LogP contribution >= 0.6 is 0 Å². The number of benzene rings is 3. The largest absolute Gasteiger partial charge is 0.489 e. The Hall–Kier alpha value is -2.10. The molecule has 0 fully saturated rings. The number of ether oxygens (including phenoxy) is 2. The molecular weight excluding hydrogens is 360 g/mol. The molecule has 1 N–H and O–H groups in total. The second-order valence-corrected chi connectivity index (χ2v) is 7.96. The van der Waals surface area contributed by atoms with Gasteiger partial charge in [-0.25, -0.2) is 0 Å². The molecule has 1 unspecified atom stereocenters. The van der Waals surface area contributed by atoms with Gasteiger partial charge in [0.25, 0.3) is 0 Å². The third-order valence-corrected chi connectivity index (χ3v) is 5.34. The van der Waals surface area contributed by atoms with E-state index in [4.69, 9.17) is 9.47 Å². The second kappa shape index (κ2) is 11.2. The van der Waals surface area contributed by atoms with Crippen molar-refractivity contribution in [3.05, 3.63) is 54.1 Å². The first kappa shape index (κ1) is 21.6. The van der Waals surface area contributed by atoms with Crippen LogP contribution in [-0.2, 0) is 4.74 Å². The van der Waals surface area contributed by atoms with Crippen LogP contribution in [0.4, 0.5) is 0 Å². The maximum absolute atomic E-state index is 10.3. The zero-order valence-corrected chi connectivity index (χ0v) is 17.8. The first-order valence-corrected chi connectivity index (χ1v) is 11.0. The summed E-state index contributed by atoms with van der Waals surface area (Å²) in [6.45, 7) is 5.57. The van der Waals surface area contributed by atoms with Gasteiger partial charge in [-0.3, -0.25) is 0 Å². The zero-order chi connectivity index (χ0) is 20.5. The van der Waals surface area contributed by atoms with Gasteiger partial charge < -0.3 is 14.6 Å². The van der Waals surface area contributed by atoms with Crippen LogP contribution in [0.3, 0.4) is 0 Å². The summed E-state index contributed by atoms with van der Waals surface area (Å²) in [5, 5.41) is 14.8. The van der Waals surface area contributed by atoms with Gasteiger partial charge in [0, 0.05) is 17.4 Å². The van der Waals surface area contributed by atoms with Crippen LogP contribution in [0, 0.1) is 6.92 Å². The summed E-state index contributed by atoms with van der Waals surface area (Å²) in [6.07, 6.45) is 6.81. The van der Waals surface area contributed by atoms with Crippen LogP contribution in [0.25, 0.3) is 21.5 Å². The van der Waals surface area contributed by atoms with Crippen LogP contribution in [-0.4, -0.2) is 31.0 Å². The van der Waals surface area contributed by atoms with Crippen molar-refractivity contribution in [1.82, 2.24) is 0 Å². The van der Waals surface area contributed by atoms with E-state index < -0.39 is 6.10 Å². The fourth-order valence-corrected chi connectivity index (χ4v) is 3.72. The average Bonchev–Trinajstić information content (AvgIpc) is 2.73. The Balaban J connectivity index is 1.56. The summed E-state index contributed by atoms with van der Waals surface area (Å²) in [7, 11) is 0. The van der Waals surface area contributed by atoms with Gasteiger partial charge in [-0.2, -0.15) is 0 Å². The maximum atomic E-state index is 10.3. The highest BCUT2D eigenvalue weighted by Gasteiger charge is 2.12.